The fourth-order valence-electron chi connectivity index (χ4n) is 2.96. The van der Waals surface area contributed by atoms with E-state index in [2.05, 4.69) is 17.9 Å². The zero-order valence-electron chi connectivity index (χ0n) is 13.7. The van der Waals surface area contributed by atoms with Gasteiger partial charge in [0.05, 0.1) is 18.5 Å². The van der Waals surface area contributed by atoms with E-state index in [0.29, 0.717) is 18.9 Å². The minimum Gasteiger partial charge on any atom is -0.310 e. The van der Waals surface area contributed by atoms with Gasteiger partial charge in [-0.05, 0) is 44.9 Å². The molecule has 1 fully saturated rings. The quantitative estimate of drug-likeness (QED) is 0.840. The van der Waals surface area contributed by atoms with E-state index in [1.54, 1.807) is 4.90 Å². The molecule has 0 spiro atoms. The van der Waals surface area contributed by atoms with Gasteiger partial charge in [0.2, 0.25) is 5.91 Å². The summed E-state index contributed by atoms with van der Waals surface area (Å²) in [5.41, 5.74) is 2.04. The van der Waals surface area contributed by atoms with Crippen LogP contribution in [0.1, 0.15) is 32.3 Å². The molecule has 1 aliphatic rings. The second-order valence-corrected chi connectivity index (χ2v) is 6.30. The third-order valence-corrected chi connectivity index (χ3v) is 4.42. The lowest BCUT2D eigenvalue weighted by Gasteiger charge is -2.30. The Labute approximate surface area is 133 Å². The number of likely N-dealkylation sites (tertiary alicyclic amines) is 1. The Balaban J connectivity index is 2.15. The molecule has 1 aliphatic heterocycles. The Bertz CT molecular complexity index is 546. The predicted molar refractivity (Wildman–Crippen MR) is 88.6 cm³/mol. The monoisotopic (exact) mass is 299 g/mol. The van der Waals surface area contributed by atoms with Gasteiger partial charge in [-0.2, -0.15) is 5.26 Å². The number of aryl methyl sites for hydroxylation is 1. The summed E-state index contributed by atoms with van der Waals surface area (Å²) in [5, 5.41) is 8.87. The van der Waals surface area contributed by atoms with Gasteiger partial charge in [0.15, 0.2) is 0 Å². The highest BCUT2D eigenvalue weighted by atomic mass is 16.2. The molecule has 0 bridgehead atoms. The van der Waals surface area contributed by atoms with Crippen LogP contribution in [0, 0.1) is 24.2 Å². The summed E-state index contributed by atoms with van der Waals surface area (Å²) >= 11 is 0. The van der Waals surface area contributed by atoms with E-state index >= 15 is 0 Å². The lowest BCUT2D eigenvalue weighted by atomic mass is 10.1. The molecular formula is C18H25N3O. The van der Waals surface area contributed by atoms with E-state index < -0.39 is 0 Å². The highest BCUT2D eigenvalue weighted by molar-refractivity contribution is 5.97. The lowest BCUT2D eigenvalue weighted by molar-refractivity contribution is -0.122. The van der Waals surface area contributed by atoms with E-state index in [1.165, 1.54) is 0 Å². The number of carbonyl (C=O) groups excluding carboxylic acids is 1. The van der Waals surface area contributed by atoms with Crippen LogP contribution in [-0.2, 0) is 4.79 Å². The molecular weight excluding hydrogens is 274 g/mol. The van der Waals surface area contributed by atoms with Crippen LogP contribution in [0.25, 0.3) is 0 Å². The summed E-state index contributed by atoms with van der Waals surface area (Å²) in [5.74, 6) is 0.746. The van der Waals surface area contributed by atoms with Crippen LogP contribution >= 0.6 is 0 Å². The molecule has 2 rings (SSSR count). The average Bonchev–Trinajstić information content (AvgIpc) is 2.95. The molecule has 22 heavy (non-hydrogen) atoms. The van der Waals surface area contributed by atoms with Gasteiger partial charge in [0.25, 0.3) is 0 Å². The third-order valence-electron chi connectivity index (χ3n) is 4.42. The van der Waals surface area contributed by atoms with Gasteiger partial charge in [-0.25, -0.2) is 0 Å². The lowest BCUT2D eigenvalue weighted by Crippen LogP contribution is -2.46. The molecule has 1 amide bonds. The van der Waals surface area contributed by atoms with Crippen molar-refractivity contribution >= 4 is 11.6 Å². The molecule has 4 nitrogen and oxygen atoms in total. The Morgan fingerprint density at radius 2 is 2.14 bits per heavy atom. The van der Waals surface area contributed by atoms with Crippen LogP contribution in [0.4, 0.5) is 5.69 Å². The number of carbonyl (C=O) groups is 1. The van der Waals surface area contributed by atoms with E-state index in [4.69, 9.17) is 5.26 Å². The van der Waals surface area contributed by atoms with Gasteiger partial charge in [0.1, 0.15) is 0 Å². The second kappa shape index (κ2) is 7.42. The summed E-state index contributed by atoms with van der Waals surface area (Å²) in [6.07, 6.45) is 1.50. The summed E-state index contributed by atoms with van der Waals surface area (Å²) in [4.78, 5) is 16.9. The molecule has 1 aromatic carbocycles. The van der Waals surface area contributed by atoms with Crippen LogP contribution in [0.3, 0.4) is 0 Å². The smallest absolute Gasteiger partial charge is 0.244 e. The second-order valence-electron chi connectivity index (χ2n) is 6.30. The molecule has 0 radical (unpaired) electrons. The zero-order chi connectivity index (χ0) is 16.1. The van der Waals surface area contributed by atoms with Crippen LogP contribution in [-0.4, -0.2) is 36.5 Å². The molecule has 118 valence electrons. The Hall–Kier alpha value is -1.86. The van der Waals surface area contributed by atoms with Crippen LogP contribution in [0.2, 0.25) is 0 Å². The molecule has 2 atom stereocenters. The van der Waals surface area contributed by atoms with Gasteiger partial charge in [-0.15, -0.1) is 0 Å². The standard InChI is InChI=1S/C18H25N3O/c1-14-5-7-17(8-6-14)21(11-4-10-19)18(22)16(3)20-12-9-15(2)13-20/h5-8,15-16H,4,9,11-13H2,1-3H3. The van der Waals surface area contributed by atoms with Crippen molar-refractivity contribution in [3.8, 4) is 6.07 Å². The molecule has 0 aliphatic carbocycles. The zero-order valence-corrected chi connectivity index (χ0v) is 13.7. The van der Waals surface area contributed by atoms with Crippen LogP contribution in [0.15, 0.2) is 24.3 Å². The van der Waals surface area contributed by atoms with Crippen molar-refractivity contribution in [2.75, 3.05) is 24.5 Å². The summed E-state index contributed by atoms with van der Waals surface area (Å²) in [7, 11) is 0. The third kappa shape index (κ3) is 3.86. The van der Waals surface area contributed by atoms with Gasteiger partial charge in [-0.3, -0.25) is 9.69 Å². The molecule has 0 N–H and O–H groups in total. The normalized spacial score (nSPS) is 19.6. The highest BCUT2D eigenvalue weighted by Crippen LogP contribution is 2.22. The number of hydrogen-bond acceptors (Lipinski definition) is 3. The van der Waals surface area contributed by atoms with E-state index in [1.807, 2.05) is 38.1 Å². The molecule has 1 saturated heterocycles. The Kier molecular flexibility index (Phi) is 5.57. The number of benzene rings is 1. The predicted octanol–water partition coefficient (Wildman–Crippen LogP) is 2.97. The van der Waals surface area contributed by atoms with Crippen molar-refractivity contribution in [3.05, 3.63) is 29.8 Å². The fraction of sp³-hybridized carbons (Fsp3) is 0.556. The number of rotatable bonds is 5. The number of hydrogen-bond donors (Lipinski definition) is 0. The van der Waals surface area contributed by atoms with Crippen molar-refractivity contribution in [3.63, 3.8) is 0 Å². The van der Waals surface area contributed by atoms with Gasteiger partial charge < -0.3 is 4.90 Å². The number of anilines is 1. The first-order chi connectivity index (χ1) is 10.5. The summed E-state index contributed by atoms with van der Waals surface area (Å²) in [6.45, 7) is 8.64. The molecule has 1 aromatic rings. The highest BCUT2D eigenvalue weighted by Gasteiger charge is 2.30. The fourth-order valence-corrected chi connectivity index (χ4v) is 2.96. The van der Waals surface area contributed by atoms with Gasteiger partial charge >= 0.3 is 0 Å². The van der Waals surface area contributed by atoms with Crippen molar-refractivity contribution in [2.45, 2.75) is 39.7 Å². The van der Waals surface area contributed by atoms with Crippen molar-refractivity contribution in [1.82, 2.24) is 4.90 Å². The van der Waals surface area contributed by atoms with Crippen LogP contribution < -0.4 is 4.90 Å². The maximum atomic E-state index is 12.9. The van der Waals surface area contributed by atoms with Crippen molar-refractivity contribution in [2.24, 2.45) is 5.92 Å². The SMILES string of the molecule is Cc1ccc(N(CCC#N)C(=O)C(C)N2CCC(C)C2)cc1. The number of nitrogens with zero attached hydrogens (tertiary/aromatic N) is 3. The Morgan fingerprint density at radius 3 is 2.68 bits per heavy atom. The molecule has 4 heteroatoms. The molecule has 2 unspecified atom stereocenters. The van der Waals surface area contributed by atoms with Crippen molar-refractivity contribution < 1.29 is 4.79 Å². The number of amides is 1. The largest absolute Gasteiger partial charge is 0.310 e. The van der Waals surface area contributed by atoms with Gasteiger partial charge in [0, 0.05) is 18.8 Å². The van der Waals surface area contributed by atoms with E-state index in [0.717, 1.165) is 30.8 Å². The molecule has 0 aromatic heterocycles. The minimum absolute atomic E-state index is 0.0909. The minimum atomic E-state index is -0.134. The van der Waals surface area contributed by atoms with E-state index in [-0.39, 0.29) is 11.9 Å². The van der Waals surface area contributed by atoms with Gasteiger partial charge in [-0.1, -0.05) is 24.6 Å². The van der Waals surface area contributed by atoms with Crippen LogP contribution in [0.5, 0.6) is 0 Å². The Morgan fingerprint density at radius 1 is 1.45 bits per heavy atom. The summed E-state index contributed by atoms with van der Waals surface area (Å²) in [6, 6.07) is 9.94. The average molecular weight is 299 g/mol. The van der Waals surface area contributed by atoms with E-state index in [9.17, 15) is 4.79 Å². The number of nitriles is 1. The summed E-state index contributed by atoms with van der Waals surface area (Å²) < 4.78 is 0. The molecule has 1 heterocycles. The maximum absolute atomic E-state index is 12.9. The topological polar surface area (TPSA) is 47.3 Å². The first-order valence-electron chi connectivity index (χ1n) is 8.02. The first kappa shape index (κ1) is 16.5. The molecule has 0 saturated carbocycles. The van der Waals surface area contributed by atoms with Crippen molar-refractivity contribution in [1.29, 1.82) is 5.26 Å². The first-order valence-corrected chi connectivity index (χ1v) is 8.02. The maximum Gasteiger partial charge on any atom is 0.244 e.